The molecule has 1 aromatic heterocycles. The number of benzene rings is 2. The van der Waals surface area contributed by atoms with E-state index in [0.717, 1.165) is 17.0 Å². The van der Waals surface area contributed by atoms with E-state index >= 15 is 0 Å². The Morgan fingerprint density at radius 2 is 1.69 bits per heavy atom. The van der Waals surface area contributed by atoms with Crippen molar-refractivity contribution in [2.45, 2.75) is 6.54 Å². The van der Waals surface area contributed by atoms with E-state index in [-0.39, 0.29) is 5.91 Å². The van der Waals surface area contributed by atoms with Gasteiger partial charge in [0.25, 0.3) is 5.91 Å². The van der Waals surface area contributed by atoms with Crippen molar-refractivity contribution >= 4 is 17.5 Å². The van der Waals surface area contributed by atoms with E-state index in [0.29, 0.717) is 18.1 Å². The predicted molar refractivity (Wildman–Crippen MR) is 101 cm³/mol. The first kappa shape index (κ1) is 17.4. The molecule has 0 saturated heterocycles. The monoisotopic (exact) mass is 348 g/mol. The molecule has 0 saturated carbocycles. The Morgan fingerprint density at radius 3 is 2.31 bits per heavy atom. The van der Waals surface area contributed by atoms with Gasteiger partial charge in [-0.2, -0.15) is 0 Å². The predicted octanol–water partition coefficient (Wildman–Crippen LogP) is 3.50. The lowest BCUT2D eigenvalue weighted by molar-refractivity contribution is 0.0784. The molecular formula is C20H20N4O2. The Bertz CT molecular complexity index is 849. The summed E-state index contributed by atoms with van der Waals surface area (Å²) in [5, 5.41) is 3.09. The van der Waals surface area contributed by atoms with Crippen LogP contribution in [0.3, 0.4) is 0 Å². The molecule has 0 aliphatic heterocycles. The minimum absolute atomic E-state index is 0.121. The van der Waals surface area contributed by atoms with E-state index in [1.807, 2.05) is 54.6 Å². The molecule has 0 atom stereocenters. The maximum absolute atomic E-state index is 12.5. The highest BCUT2D eigenvalue weighted by Gasteiger charge is 2.13. The molecule has 2 aromatic carbocycles. The maximum atomic E-state index is 12.5. The van der Waals surface area contributed by atoms with Crippen LogP contribution in [0.1, 0.15) is 15.9 Å². The molecule has 0 spiro atoms. The zero-order chi connectivity index (χ0) is 18.4. The second kappa shape index (κ2) is 8.11. The summed E-state index contributed by atoms with van der Waals surface area (Å²) in [4.78, 5) is 22.6. The molecule has 0 radical (unpaired) electrons. The summed E-state index contributed by atoms with van der Waals surface area (Å²) in [5.74, 6) is 1.08. The molecule has 0 bridgehead atoms. The fraction of sp³-hybridized carbons (Fsp3) is 0.150. The number of methoxy groups -OCH3 is 1. The summed E-state index contributed by atoms with van der Waals surface area (Å²) in [5.41, 5.74) is 2.36. The molecule has 0 fully saturated rings. The Hall–Kier alpha value is -3.41. The second-order valence-corrected chi connectivity index (χ2v) is 5.80. The van der Waals surface area contributed by atoms with Gasteiger partial charge in [-0.05, 0) is 29.8 Å². The van der Waals surface area contributed by atoms with Gasteiger partial charge in [-0.1, -0.05) is 30.3 Å². The molecule has 26 heavy (non-hydrogen) atoms. The number of amides is 1. The average Bonchev–Trinajstić information content (AvgIpc) is 2.69. The Labute approximate surface area is 152 Å². The summed E-state index contributed by atoms with van der Waals surface area (Å²) >= 11 is 0. The number of hydrogen-bond donors (Lipinski definition) is 1. The molecule has 6 nitrogen and oxygen atoms in total. The van der Waals surface area contributed by atoms with Crippen LogP contribution in [0.4, 0.5) is 11.6 Å². The van der Waals surface area contributed by atoms with Gasteiger partial charge in [0.05, 0.1) is 12.7 Å². The summed E-state index contributed by atoms with van der Waals surface area (Å²) in [6.45, 7) is 0.533. The first-order valence-electron chi connectivity index (χ1n) is 8.18. The van der Waals surface area contributed by atoms with Gasteiger partial charge in [-0.15, -0.1) is 0 Å². The number of rotatable bonds is 6. The van der Waals surface area contributed by atoms with Gasteiger partial charge in [-0.25, -0.2) is 9.97 Å². The molecule has 132 valence electrons. The third kappa shape index (κ3) is 4.36. The van der Waals surface area contributed by atoms with Crippen LogP contribution in [0.2, 0.25) is 0 Å². The van der Waals surface area contributed by atoms with Crippen LogP contribution < -0.4 is 10.1 Å². The SMILES string of the molecule is COc1ccc(Nc2ncc(C(=O)N(C)Cc3ccccc3)cn2)cc1. The van der Waals surface area contributed by atoms with Crippen LogP contribution in [0.15, 0.2) is 67.0 Å². The van der Waals surface area contributed by atoms with E-state index in [4.69, 9.17) is 4.74 Å². The number of anilines is 2. The van der Waals surface area contributed by atoms with Gasteiger partial charge < -0.3 is 15.0 Å². The molecule has 1 N–H and O–H groups in total. The normalized spacial score (nSPS) is 10.2. The summed E-state index contributed by atoms with van der Waals surface area (Å²) < 4.78 is 5.13. The quantitative estimate of drug-likeness (QED) is 0.738. The largest absolute Gasteiger partial charge is 0.497 e. The van der Waals surface area contributed by atoms with Crippen LogP contribution in [0.25, 0.3) is 0 Å². The van der Waals surface area contributed by atoms with Crippen molar-refractivity contribution in [2.24, 2.45) is 0 Å². The number of aromatic nitrogens is 2. The number of carbonyl (C=O) groups excluding carboxylic acids is 1. The summed E-state index contributed by atoms with van der Waals surface area (Å²) in [6, 6.07) is 17.3. The summed E-state index contributed by atoms with van der Waals surface area (Å²) in [6.07, 6.45) is 3.06. The summed E-state index contributed by atoms with van der Waals surface area (Å²) in [7, 11) is 3.38. The molecule has 0 aliphatic carbocycles. The number of nitrogens with one attached hydrogen (secondary N) is 1. The lowest BCUT2D eigenvalue weighted by Crippen LogP contribution is -2.26. The van der Waals surface area contributed by atoms with Gasteiger partial charge in [0.2, 0.25) is 5.95 Å². The number of hydrogen-bond acceptors (Lipinski definition) is 5. The van der Waals surface area contributed by atoms with Crippen molar-refractivity contribution in [2.75, 3.05) is 19.5 Å². The molecule has 6 heteroatoms. The Kier molecular flexibility index (Phi) is 5.43. The van der Waals surface area contributed by atoms with Gasteiger partial charge in [0.15, 0.2) is 0 Å². The second-order valence-electron chi connectivity index (χ2n) is 5.80. The van der Waals surface area contributed by atoms with Gasteiger partial charge in [0.1, 0.15) is 5.75 Å². The van der Waals surface area contributed by atoms with E-state index in [1.54, 1.807) is 19.1 Å². The molecule has 1 heterocycles. The fourth-order valence-corrected chi connectivity index (χ4v) is 2.46. The van der Waals surface area contributed by atoms with Crippen LogP contribution in [-0.2, 0) is 6.54 Å². The number of carbonyl (C=O) groups is 1. The van der Waals surface area contributed by atoms with Crippen molar-refractivity contribution in [3.8, 4) is 5.75 Å². The van der Waals surface area contributed by atoms with Crippen LogP contribution in [0.5, 0.6) is 5.75 Å². The van der Waals surface area contributed by atoms with Gasteiger partial charge in [0, 0.05) is 31.7 Å². The molecule has 0 unspecified atom stereocenters. The number of ether oxygens (including phenoxy) is 1. The zero-order valence-electron chi connectivity index (χ0n) is 14.7. The molecule has 1 amide bonds. The van der Waals surface area contributed by atoms with Crippen molar-refractivity contribution in [3.05, 3.63) is 78.1 Å². The van der Waals surface area contributed by atoms with E-state index in [2.05, 4.69) is 15.3 Å². The van der Waals surface area contributed by atoms with E-state index < -0.39 is 0 Å². The maximum Gasteiger partial charge on any atom is 0.257 e. The first-order chi connectivity index (χ1) is 12.7. The molecule has 3 aromatic rings. The van der Waals surface area contributed by atoms with Crippen molar-refractivity contribution in [1.82, 2.24) is 14.9 Å². The Balaban J connectivity index is 1.63. The highest BCUT2D eigenvalue weighted by molar-refractivity contribution is 5.93. The highest BCUT2D eigenvalue weighted by Crippen LogP contribution is 2.17. The van der Waals surface area contributed by atoms with Gasteiger partial charge in [-0.3, -0.25) is 4.79 Å². The topological polar surface area (TPSA) is 67.3 Å². The standard InChI is InChI=1S/C20H20N4O2/c1-24(14-15-6-4-3-5-7-15)19(25)16-12-21-20(22-13-16)23-17-8-10-18(26-2)11-9-17/h3-13H,14H2,1-2H3,(H,21,22,23). The highest BCUT2D eigenvalue weighted by atomic mass is 16.5. The van der Waals surface area contributed by atoms with E-state index in [9.17, 15) is 4.79 Å². The Morgan fingerprint density at radius 1 is 1.04 bits per heavy atom. The minimum Gasteiger partial charge on any atom is -0.497 e. The molecule has 3 rings (SSSR count). The van der Waals surface area contributed by atoms with Crippen LogP contribution >= 0.6 is 0 Å². The lowest BCUT2D eigenvalue weighted by Gasteiger charge is -2.17. The number of nitrogens with zero attached hydrogens (tertiary/aromatic N) is 3. The van der Waals surface area contributed by atoms with Crippen LogP contribution in [-0.4, -0.2) is 34.9 Å². The average molecular weight is 348 g/mol. The van der Waals surface area contributed by atoms with Crippen molar-refractivity contribution in [1.29, 1.82) is 0 Å². The molecule has 0 aliphatic rings. The van der Waals surface area contributed by atoms with Crippen molar-refractivity contribution < 1.29 is 9.53 Å². The van der Waals surface area contributed by atoms with E-state index in [1.165, 1.54) is 12.4 Å². The third-order valence-corrected chi connectivity index (χ3v) is 3.85. The smallest absolute Gasteiger partial charge is 0.257 e. The minimum atomic E-state index is -0.121. The van der Waals surface area contributed by atoms with Crippen molar-refractivity contribution in [3.63, 3.8) is 0 Å². The first-order valence-corrected chi connectivity index (χ1v) is 8.18. The fourth-order valence-electron chi connectivity index (χ4n) is 2.46. The molecular weight excluding hydrogens is 328 g/mol. The lowest BCUT2D eigenvalue weighted by atomic mass is 10.2. The van der Waals surface area contributed by atoms with Crippen LogP contribution in [0, 0.1) is 0 Å². The van der Waals surface area contributed by atoms with Gasteiger partial charge >= 0.3 is 0 Å². The third-order valence-electron chi connectivity index (χ3n) is 3.85. The zero-order valence-corrected chi connectivity index (χ0v) is 14.7.